The van der Waals surface area contributed by atoms with E-state index < -0.39 is 6.89 Å². The van der Waals surface area contributed by atoms with E-state index in [4.69, 9.17) is 9.47 Å². The van der Waals surface area contributed by atoms with Crippen molar-refractivity contribution in [3.05, 3.63) is 91.0 Å². The smallest absolute Gasteiger partial charge is 0.176 e. The quantitative estimate of drug-likeness (QED) is 0.383. The molecule has 0 aliphatic rings. The van der Waals surface area contributed by atoms with Crippen molar-refractivity contribution >= 4 is 33.9 Å². The zero-order valence-corrected chi connectivity index (χ0v) is 18.7. The molecule has 0 fully saturated rings. The zero-order valence-electron chi connectivity index (χ0n) is 17.8. The van der Waals surface area contributed by atoms with Gasteiger partial charge in [0.25, 0.3) is 0 Å². The topological polar surface area (TPSA) is 59.3 Å². The van der Waals surface area contributed by atoms with E-state index in [1.54, 1.807) is 0 Å². The van der Waals surface area contributed by atoms with Crippen molar-refractivity contribution in [3.63, 3.8) is 0 Å². The van der Waals surface area contributed by atoms with Crippen LogP contribution in [0.15, 0.2) is 91.0 Å². The van der Waals surface area contributed by atoms with E-state index in [1.165, 1.54) is 7.11 Å². The number of hydrogen-bond acceptors (Lipinski definition) is 4. The molecular formula is C26H26NO3P. The highest BCUT2D eigenvalue weighted by Crippen LogP contribution is 2.46. The van der Waals surface area contributed by atoms with Crippen LogP contribution in [-0.4, -0.2) is 31.1 Å². The van der Waals surface area contributed by atoms with Gasteiger partial charge in [-0.15, -0.1) is 0 Å². The Balaban J connectivity index is 2.36. The number of methoxy groups -OCH3 is 1. The Morgan fingerprint density at radius 1 is 0.871 bits per heavy atom. The number of benzene rings is 3. The molecule has 0 aliphatic carbocycles. The molecule has 4 nitrogen and oxygen atoms in total. The molecule has 3 aromatic carbocycles. The Kier molecular flexibility index (Phi) is 7.98. The molecule has 0 spiro atoms. The lowest BCUT2D eigenvalue weighted by atomic mass is 10.1. The Labute approximate surface area is 184 Å². The van der Waals surface area contributed by atoms with E-state index in [1.807, 2.05) is 97.9 Å². The maximum atomic E-state index is 13.6. The van der Waals surface area contributed by atoms with Crippen LogP contribution in [0.2, 0.25) is 0 Å². The van der Waals surface area contributed by atoms with Crippen molar-refractivity contribution in [1.82, 2.24) is 0 Å². The number of nitrogens with zero attached hydrogens (tertiary/aromatic N) is 1. The highest BCUT2D eigenvalue weighted by atomic mass is 31.2. The van der Waals surface area contributed by atoms with E-state index in [2.05, 4.69) is 6.07 Å². The maximum Gasteiger partial charge on any atom is 0.176 e. The molecule has 0 heterocycles. The summed E-state index contributed by atoms with van der Waals surface area (Å²) in [5.74, 6) is -0.198. The van der Waals surface area contributed by atoms with Gasteiger partial charge in [-0.1, -0.05) is 91.0 Å². The molecule has 0 radical (unpaired) electrons. The highest BCUT2D eigenvalue weighted by Gasteiger charge is 2.33. The average Bonchev–Trinajstić information content (AvgIpc) is 2.82. The van der Waals surface area contributed by atoms with Gasteiger partial charge in [0.1, 0.15) is 18.2 Å². The van der Waals surface area contributed by atoms with Crippen LogP contribution < -0.4 is 15.9 Å². The van der Waals surface area contributed by atoms with Crippen LogP contribution in [0.4, 0.5) is 0 Å². The minimum atomic E-state index is -2.68. The summed E-state index contributed by atoms with van der Waals surface area (Å²) in [6, 6.07) is 32.0. The molecule has 3 rings (SSSR count). The summed E-state index contributed by atoms with van der Waals surface area (Å²) >= 11 is 0. The van der Waals surface area contributed by atoms with E-state index >= 15 is 0 Å². The highest BCUT2D eigenvalue weighted by molar-refractivity contribution is 7.96. The second-order valence-corrected chi connectivity index (χ2v) is 10.5. The molecule has 5 heteroatoms. The lowest BCUT2D eigenvalue weighted by Gasteiger charge is -2.30. The third-order valence-corrected chi connectivity index (χ3v) is 9.32. The monoisotopic (exact) mass is 431 g/mol. The SMILES string of the molecule is COCOC(C)CC(=O)C(C#N)=P(c1ccccc1)(c1ccccc1)c1ccccc1. The van der Waals surface area contributed by atoms with Gasteiger partial charge < -0.3 is 9.47 Å². The third-order valence-electron chi connectivity index (χ3n) is 5.08. The maximum absolute atomic E-state index is 13.6. The van der Waals surface area contributed by atoms with Gasteiger partial charge in [-0.25, -0.2) is 0 Å². The second-order valence-electron chi connectivity index (χ2n) is 7.15. The van der Waals surface area contributed by atoms with Gasteiger partial charge in [0, 0.05) is 13.5 Å². The number of hydrogen-bond donors (Lipinski definition) is 0. The van der Waals surface area contributed by atoms with Crippen LogP contribution in [0.3, 0.4) is 0 Å². The first-order valence-corrected chi connectivity index (χ1v) is 11.9. The fourth-order valence-electron chi connectivity index (χ4n) is 3.71. The van der Waals surface area contributed by atoms with Crippen LogP contribution in [0.25, 0.3) is 0 Å². The predicted octanol–water partition coefficient (Wildman–Crippen LogP) is 3.64. The fraction of sp³-hybridized carbons (Fsp3) is 0.192. The summed E-state index contributed by atoms with van der Waals surface area (Å²) in [7, 11) is 1.54. The van der Waals surface area contributed by atoms with E-state index in [0.29, 0.717) is 0 Å². The number of ether oxygens (including phenoxy) is 2. The summed E-state index contributed by atoms with van der Waals surface area (Å²) in [6.45, 7) is -0.760. The molecule has 0 N–H and O–H groups in total. The summed E-state index contributed by atoms with van der Waals surface area (Å²) < 4.78 is 10.5. The van der Waals surface area contributed by atoms with Crippen LogP contribution in [0.5, 0.6) is 0 Å². The second kappa shape index (κ2) is 10.9. The van der Waals surface area contributed by atoms with E-state index in [-0.39, 0.29) is 30.4 Å². The number of ketones is 1. The molecule has 0 amide bonds. The van der Waals surface area contributed by atoms with E-state index in [0.717, 1.165) is 15.9 Å². The van der Waals surface area contributed by atoms with Crippen LogP contribution in [0, 0.1) is 11.3 Å². The molecule has 158 valence electrons. The predicted molar refractivity (Wildman–Crippen MR) is 128 cm³/mol. The zero-order chi connectivity index (χ0) is 22.1. The van der Waals surface area contributed by atoms with Gasteiger partial charge in [0.15, 0.2) is 5.78 Å². The van der Waals surface area contributed by atoms with Gasteiger partial charge >= 0.3 is 0 Å². The molecule has 0 bridgehead atoms. The van der Waals surface area contributed by atoms with E-state index in [9.17, 15) is 10.1 Å². The summed E-state index contributed by atoms with van der Waals surface area (Å²) in [6.07, 6.45) is -0.249. The van der Waals surface area contributed by atoms with Gasteiger partial charge in [0.05, 0.1) is 6.10 Å². The van der Waals surface area contributed by atoms with Gasteiger partial charge in [-0.2, -0.15) is 5.26 Å². The minimum Gasteiger partial charge on any atom is -0.359 e. The third kappa shape index (κ3) is 4.86. The number of carbonyl (C=O) groups is 1. The molecule has 1 atom stereocenters. The average molecular weight is 431 g/mol. The first-order chi connectivity index (χ1) is 15.1. The molecule has 0 aliphatic heterocycles. The van der Waals surface area contributed by atoms with Crippen LogP contribution in [-0.2, 0) is 14.3 Å². The molecule has 31 heavy (non-hydrogen) atoms. The molecule has 1 unspecified atom stereocenters. The van der Waals surface area contributed by atoms with Crippen molar-refractivity contribution in [2.24, 2.45) is 0 Å². The van der Waals surface area contributed by atoms with Crippen LogP contribution in [0.1, 0.15) is 13.3 Å². The van der Waals surface area contributed by atoms with Crippen LogP contribution >= 0.6 is 6.89 Å². The number of nitriles is 1. The Bertz CT molecular complexity index is 986. The lowest BCUT2D eigenvalue weighted by Crippen LogP contribution is -2.34. The Morgan fingerprint density at radius 3 is 1.65 bits per heavy atom. The number of rotatable bonds is 9. The molecule has 0 aromatic heterocycles. The molecular weight excluding hydrogens is 405 g/mol. The Hall–Kier alpha value is -2.96. The fourth-order valence-corrected chi connectivity index (χ4v) is 7.86. The van der Waals surface area contributed by atoms with Crippen molar-refractivity contribution in [1.29, 1.82) is 5.26 Å². The van der Waals surface area contributed by atoms with Gasteiger partial charge in [-0.3, -0.25) is 4.79 Å². The summed E-state index contributed by atoms with van der Waals surface area (Å²) in [5.41, 5.74) is 0. The van der Waals surface area contributed by atoms with Crippen molar-refractivity contribution in [3.8, 4) is 6.07 Å². The molecule has 0 saturated carbocycles. The normalized spacial score (nSPS) is 12.0. The largest absolute Gasteiger partial charge is 0.359 e. The summed E-state index contributed by atoms with van der Waals surface area (Å²) in [4.78, 5) is 13.6. The summed E-state index contributed by atoms with van der Waals surface area (Å²) in [5, 5.41) is 13.6. The van der Waals surface area contributed by atoms with Gasteiger partial charge in [-0.05, 0) is 29.7 Å². The number of Topliss-reactive ketones (excluding diaryl/α,β-unsaturated/α-hetero) is 1. The number of carbonyl (C=O) groups excluding carboxylic acids is 1. The lowest BCUT2D eigenvalue weighted by molar-refractivity contribution is -0.118. The Morgan fingerprint density at radius 2 is 1.29 bits per heavy atom. The van der Waals surface area contributed by atoms with Gasteiger partial charge in [0.2, 0.25) is 0 Å². The first kappa shape index (κ1) is 22.7. The standard InChI is InChI=1S/C26H26NO3P/c1-21(30-20-29-2)18-25(28)26(19-27)31(22-12-6-3-7-13-22,23-14-8-4-9-15-23)24-16-10-5-11-17-24/h3-17,21H,18,20H2,1-2H3. The van der Waals surface area contributed by atoms with Crippen molar-refractivity contribution in [2.45, 2.75) is 19.4 Å². The minimum absolute atomic E-state index is 0.104. The molecule has 3 aromatic rings. The van der Waals surface area contributed by atoms with Crippen molar-refractivity contribution < 1.29 is 14.3 Å². The first-order valence-electron chi connectivity index (χ1n) is 10.1. The van der Waals surface area contributed by atoms with Crippen molar-refractivity contribution in [2.75, 3.05) is 13.9 Å². The molecule has 0 saturated heterocycles.